The minimum absolute atomic E-state index is 0.205. The van der Waals surface area contributed by atoms with Crippen LogP contribution in [0.1, 0.15) is 128 Å². The Morgan fingerprint density at radius 1 is 0.804 bits per heavy atom. The van der Waals surface area contributed by atoms with Gasteiger partial charge in [-0.3, -0.25) is 14.2 Å². The first-order valence-corrected chi connectivity index (χ1v) is 20.5. The third-order valence-corrected chi connectivity index (χ3v) is 13.1. The minimum Gasteiger partial charge on any atom is -0.461 e. The van der Waals surface area contributed by atoms with Crippen molar-refractivity contribution >= 4 is 36.4 Å². The van der Waals surface area contributed by atoms with Crippen molar-refractivity contribution in [2.45, 2.75) is 163 Å². The SMILES string of the molecule is C[C@H](Cn1cnc2c(N)ncnc21)OCP(=O)(NC(C)(C)C(=O)OC1CCC(C(C)(C)C)CC1)NC(C)(C)C(=O)OC1CCC(C(C)(C)C)CC1. The topological polar surface area (TPSA) is 173 Å². The standard InChI is InChI=1S/C37H64N7O6P/c1-24(20-44-22-41-29-30(38)39-21-40-31(29)44)48-23-51(47,42-36(8,9)32(45)49-27-16-12-25(13-17-27)34(2,3)4)43-37(10,11)33(46)50-28-18-14-26(15-19-28)35(5,6)7/h21-22,24-28H,12-20,23H2,1-11H3,(H2,38,39,40)(H2,42,43,47)/t24-,25?,26?,27?,28?,51?/m1/s1. The van der Waals surface area contributed by atoms with E-state index in [-0.39, 0.29) is 35.2 Å². The maximum Gasteiger partial charge on any atom is 0.326 e. The molecule has 0 unspecified atom stereocenters. The summed E-state index contributed by atoms with van der Waals surface area (Å²) in [5.74, 6) is 0.411. The van der Waals surface area contributed by atoms with Crippen molar-refractivity contribution in [1.82, 2.24) is 29.7 Å². The quantitative estimate of drug-likeness (QED) is 0.142. The van der Waals surface area contributed by atoms with E-state index in [1.165, 1.54) is 6.33 Å². The zero-order chi connectivity index (χ0) is 38.0. The van der Waals surface area contributed by atoms with Crippen LogP contribution < -0.4 is 15.9 Å². The maximum absolute atomic E-state index is 14.9. The van der Waals surface area contributed by atoms with Gasteiger partial charge in [0.1, 0.15) is 41.5 Å². The van der Waals surface area contributed by atoms with Gasteiger partial charge in [-0.2, -0.15) is 0 Å². The fourth-order valence-electron chi connectivity index (χ4n) is 7.37. The molecule has 51 heavy (non-hydrogen) atoms. The summed E-state index contributed by atoms with van der Waals surface area (Å²) in [7, 11) is -3.83. The molecular weight excluding hydrogens is 669 g/mol. The molecule has 0 bridgehead atoms. The molecule has 14 heteroatoms. The molecule has 0 aliphatic heterocycles. The summed E-state index contributed by atoms with van der Waals surface area (Å²) in [6.07, 6.45) is 8.88. The summed E-state index contributed by atoms with van der Waals surface area (Å²) >= 11 is 0. The Bertz CT molecular complexity index is 1480. The van der Waals surface area contributed by atoms with Crippen LogP contribution in [-0.2, 0) is 34.9 Å². The fourth-order valence-corrected chi connectivity index (χ4v) is 10.0. The molecule has 4 rings (SSSR count). The molecule has 4 N–H and O–H groups in total. The van der Waals surface area contributed by atoms with Crippen LogP contribution in [0.15, 0.2) is 12.7 Å². The number of carbonyl (C=O) groups is 2. The van der Waals surface area contributed by atoms with E-state index in [9.17, 15) is 14.2 Å². The van der Waals surface area contributed by atoms with Crippen LogP contribution >= 0.6 is 7.44 Å². The van der Waals surface area contributed by atoms with Crippen molar-refractivity contribution in [3.05, 3.63) is 12.7 Å². The van der Waals surface area contributed by atoms with Gasteiger partial charge < -0.3 is 24.5 Å². The second-order valence-corrected chi connectivity index (χ2v) is 20.3. The van der Waals surface area contributed by atoms with Crippen molar-refractivity contribution < 1.29 is 28.4 Å². The third kappa shape index (κ3) is 11.0. The number of esters is 2. The molecule has 0 aromatic carbocycles. The molecule has 2 saturated carbocycles. The number of hydrogen-bond donors (Lipinski definition) is 3. The summed E-state index contributed by atoms with van der Waals surface area (Å²) < 4.78 is 34.9. The Hall–Kier alpha value is -2.60. The second-order valence-electron chi connectivity index (χ2n) is 18.1. The largest absolute Gasteiger partial charge is 0.461 e. The molecular formula is C37H64N7O6P. The lowest BCUT2D eigenvalue weighted by atomic mass is 9.72. The van der Waals surface area contributed by atoms with Crippen LogP contribution in [-0.4, -0.2) is 67.2 Å². The number of hydrogen-bond acceptors (Lipinski definition) is 10. The lowest BCUT2D eigenvalue weighted by molar-refractivity contribution is -0.157. The zero-order valence-electron chi connectivity index (χ0n) is 32.9. The van der Waals surface area contributed by atoms with Crippen molar-refractivity contribution in [2.24, 2.45) is 22.7 Å². The molecule has 2 heterocycles. The zero-order valence-corrected chi connectivity index (χ0v) is 33.8. The van der Waals surface area contributed by atoms with Gasteiger partial charge in [0, 0.05) is 0 Å². The van der Waals surface area contributed by atoms with Gasteiger partial charge in [-0.05, 0) is 109 Å². The lowest BCUT2D eigenvalue weighted by Gasteiger charge is -2.39. The molecule has 1 atom stereocenters. The average Bonchev–Trinajstić information content (AvgIpc) is 3.43. The highest BCUT2D eigenvalue weighted by atomic mass is 31.2. The van der Waals surface area contributed by atoms with Crippen LogP contribution in [0.2, 0.25) is 0 Å². The molecule has 2 aliphatic rings. The van der Waals surface area contributed by atoms with E-state index in [2.05, 4.69) is 66.7 Å². The predicted molar refractivity (Wildman–Crippen MR) is 200 cm³/mol. The summed E-state index contributed by atoms with van der Waals surface area (Å²) in [5, 5.41) is 6.12. The first-order chi connectivity index (χ1) is 23.5. The third-order valence-electron chi connectivity index (χ3n) is 10.7. The molecule has 2 aromatic heterocycles. The highest BCUT2D eigenvalue weighted by Gasteiger charge is 2.45. The van der Waals surface area contributed by atoms with Gasteiger partial charge in [0.05, 0.1) is 19.0 Å². The van der Waals surface area contributed by atoms with E-state index < -0.39 is 36.6 Å². The Morgan fingerprint density at radius 2 is 1.25 bits per heavy atom. The van der Waals surface area contributed by atoms with Crippen LogP contribution in [0.5, 0.6) is 0 Å². The van der Waals surface area contributed by atoms with Gasteiger partial charge in [0.2, 0.25) is 7.44 Å². The van der Waals surface area contributed by atoms with Crippen molar-refractivity contribution in [2.75, 3.05) is 12.1 Å². The predicted octanol–water partition coefficient (Wildman–Crippen LogP) is 7.00. The monoisotopic (exact) mass is 733 g/mol. The van der Waals surface area contributed by atoms with Gasteiger partial charge in [-0.15, -0.1) is 0 Å². The fraction of sp³-hybridized carbons (Fsp3) is 0.811. The van der Waals surface area contributed by atoms with Crippen LogP contribution in [0.25, 0.3) is 11.2 Å². The van der Waals surface area contributed by atoms with E-state index in [0.717, 1.165) is 51.4 Å². The van der Waals surface area contributed by atoms with Crippen LogP contribution in [0.3, 0.4) is 0 Å². The molecule has 0 spiro atoms. The van der Waals surface area contributed by atoms with Crippen molar-refractivity contribution in [3.63, 3.8) is 0 Å². The van der Waals surface area contributed by atoms with Gasteiger partial charge >= 0.3 is 11.9 Å². The normalized spacial score (nSPS) is 24.1. The highest BCUT2D eigenvalue weighted by Crippen LogP contribution is 2.44. The van der Waals surface area contributed by atoms with Crippen LogP contribution in [0, 0.1) is 22.7 Å². The van der Waals surface area contributed by atoms with Gasteiger partial charge in [0.15, 0.2) is 11.5 Å². The van der Waals surface area contributed by atoms with Gasteiger partial charge in [-0.25, -0.2) is 25.1 Å². The van der Waals surface area contributed by atoms with Crippen molar-refractivity contribution in [3.8, 4) is 0 Å². The number of nitrogens with one attached hydrogen (secondary N) is 2. The molecule has 2 aromatic rings. The second kappa shape index (κ2) is 15.8. The van der Waals surface area contributed by atoms with Crippen molar-refractivity contribution in [1.29, 1.82) is 0 Å². The van der Waals surface area contributed by atoms with E-state index in [1.54, 1.807) is 38.6 Å². The first kappa shape index (κ1) is 41.2. The molecule has 13 nitrogen and oxygen atoms in total. The van der Waals surface area contributed by atoms with E-state index in [4.69, 9.17) is 19.9 Å². The summed E-state index contributed by atoms with van der Waals surface area (Å²) in [5.41, 5.74) is 4.68. The summed E-state index contributed by atoms with van der Waals surface area (Å²) in [4.78, 5) is 39.9. The Labute approximate surface area is 304 Å². The molecule has 2 aliphatic carbocycles. The number of nitrogen functional groups attached to an aromatic ring is 1. The number of nitrogens with zero attached hydrogens (tertiary/aromatic N) is 4. The number of carbonyl (C=O) groups excluding carboxylic acids is 2. The Kier molecular flexibility index (Phi) is 12.7. The summed E-state index contributed by atoms with van der Waals surface area (Å²) in [6, 6.07) is 0. The lowest BCUT2D eigenvalue weighted by Crippen LogP contribution is -2.54. The van der Waals surface area contributed by atoms with E-state index in [1.807, 2.05) is 6.92 Å². The number of rotatable bonds is 13. The number of aromatic nitrogens is 4. The number of imidazole rings is 1. The molecule has 0 radical (unpaired) electrons. The molecule has 288 valence electrons. The smallest absolute Gasteiger partial charge is 0.326 e. The molecule has 0 saturated heterocycles. The van der Waals surface area contributed by atoms with E-state index >= 15 is 0 Å². The van der Waals surface area contributed by atoms with Gasteiger partial charge in [-0.1, -0.05) is 41.5 Å². The molecule has 0 amide bonds. The van der Waals surface area contributed by atoms with Gasteiger partial charge in [0.25, 0.3) is 0 Å². The molecule has 2 fully saturated rings. The van der Waals surface area contributed by atoms with E-state index in [0.29, 0.717) is 29.5 Å². The summed E-state index contributed by atoms with van der Waals surface area (Å²) in [6.45, 7) is 22.3. The Balaban J connectivity index is 1.46. The number of anilines is 1. The number of fused-ring (bicyclic) bond motifs is 1. The number of nitrogens with two attached hydrogens (primary N) is 1. The highest BCUT2D eigenvalue weighted by molar-refractivity contribution is 7.59. The minimum atomic E-state index is -3.83. The number of ether oxygens (including phenoxy) is 3. The average molecular weight is 734 g/mol. The van der Waals surface area contributed by atoms with Crippen LogP contribution in [0.4, 0.5) is 5.82 Å². The Morgan fingerprint density at radius 3 is 1.69 bits per heavy atom. The first-order valence-electron chi connectivity index (χ1n) is 18.6. The maximum atomic E-state index is 14.9.